The number of carbonyl (C=O) groups excluding carboxylic acids is 1. The van der Waals surface area contributed by atoms with Crippen molar-refractivity contribution in [3.63, 3.8) is 0 Å². The van der Waals surface area contributed by atoms with Gasteiger partial charge in [0.25, 0.3) is 0 Å². The summed E-state index contributed by atoms with van der Waals surface area (Å²) in [6.07, 6.45) is -0.108. The molecule has 1 unspecified atom stereocenters. The summed E-state index contributed by atoms with van der Waals surface area (Å²) in [5.41, 5.74) is 0.845. The van der Waals surface area contributed by atoms with Gasteiger partial charge in [0.1, 0.15) is 5.82 Å². The van der Waals surface area contributed by atoms with Crippen molar-refractivity contribution in [3.05, 3.63) is 66.0 Å². The molecule has 0 fully saturated rings. The Morgan fingerprint density at radius 1 is 1.14 bits per heavy atom. The molecule has 2 aromatic carbocycles. The van der Waals surface area contributed by atoms with Crippen LogP contribution in [0.5, 0.6) is 0 Å². The molecule has 0 radical (unpaired) electrons. The molecule has 0 aromatic heterocycles. The Balaban J connectivity index is 1.66. The Morgan fingerprint density at radius 3 is 2.50 bits per heavy atom. The third-order valence-electron chi connectivity index (χ3n) is 3.11. The summed E-state index contributed by atoms with van der Waals surface area (Å²) in [6, 6.07) is 15.4. The Kier molecular flexibility index (Phi) is 6.43. The number of aliphatic hydroxyl groups excluding tert-OH is 1. The Bertz CT molecular complexity index is 589. The van der Waals surface area contributed by atoms with Gasteiger partial charge in [0.15, 0.2) is 0 Å². The molecule has 22 heavy (non-hydrogen) atoms. The molecule has 0 heterocycles. The van der Waals surface area contributed by atoms with Crippen molar-refractivity contribution in [2.45, 2.75) is 17.4 Å². The van der Waals surface area contributed by atoms with Gasteiger partial charge in [-0.2, -0.15) is 0 Å². The fraction of sp³-hybridized carbons (Fsp3) is 0.235. The van der Waals surface area contributed by atoms with Gasteiger partial charge >= 0.3 is 0 Å². The van der Waals surface area contributed by atoms with Crippen LogP contribution in [0, 0.1) is 5.82 Å². The van der Waals surface area contributed by atoms with Gasteiger partial charge in [0.2, 0.25) is 5.91 Å². The Labute approximate surface area is 133 Å². The van der Waals surface area contributed by atoms with Crippen LogP contribution in [0.3, 0.4) is 0 Å². The lowest BCUT2D eigenvalue weighted by molar-refractivity contribution is -0.118. The summed E-state index contributed by atoms with van der Waals surface area (Å²) in [7, 11) is 0. The standard InChI is InChI=1S/C17H18FNO2S/c18-14-6-8-15(9-7-14)22-12-17(21)19-11-10-16(20)13-4-2-1-3-5-13/h1-9,16,20H,10-12H2,(H,19,21). The fourth-order valence-electron chi connectivity index (χ4n) is 1.92. The number of benzene rings is 2. The van der Waals surface area contributed by atoms with Gasteiger partial charge in [-0.15, -0.1) is 11.8 Å². The lowest BCUT2D eigenvalue weighted by Crippen LogP contribution is -2.27. The zero-order valence-corrected chi connectivity index (χ0v) is 12.9. The Morgan fingerprint density at radius 2 is 1.82 bits per heavy atom. The van der Waals surface area contributed by atoms with E-state index < -0.39 is 6.10 Å². The number of amides is 1. The molecule has 0 aliphatic carbocycles. The molecule has 116 valence electrons. The summed E-state index contributed by atoms with van der Waals surface area (Å²) in [6.45, 7) is 0.416. The minimum atomic E-state index is -0.578. The van der Waals surface area contributed by atoms with E-state index >= 15 is 0 Å². The average molecular weight is 319 g/mol. The van der Waals surface area contributed by atoms with E-state index in [0.29, 0.717) is 13.0 Å². The van der Waals surface area contributed by atoms with Crippen LogP contribution in [0.4, 0.5) is 4.39 Å². The van der Waals surface area contributed by atoms with Crippen molar-refractivity contribution in [1.29, 1.82) is 0 Å². The van der Waals surface area contributed by atoms with E-state index in [0.717, 1.165) is 10.5 Å². The monoisotopic (exact) mass is 319 g/mol. The number of hydrogen-bond donors (Lipinski definition) is 2. The van der Waals surface area contributed by atoms with Gasteiger partial charge in [0, 0.05) is 11.4 Å². The lowest BCUT2D eigenvalue weighted by atomic mass is 10.1. The number of rotatable bonds is 7. The van der Waals surface area contributed by atoms with Crippen LogP contribution in [-0.4, -0.2) is 23.3 Å². The summed E-state index contributed by atoms with van der Waals surface area (Å²) in [5, 5.41) is 12.7. The van der Waals surface area contributed by atoms with E-state index in [1.165, 1.54) is 23.9 Å². The molecular formula is C17H18FNO2S. The van der Waals surface area contributed by atoms with Crippen molar-refractivity contribution >= 4 is 17.7 Å². The highest BCUT2D eigenvalue weighted by molar-refractivity contribution is 8.00. The minimum absolute atomic E-state index is 0.102. The maximum absolute atomic E-state index is 12.8. The summed E-state index contributed by atoms with van der Waals surface area (Å²) < 4.78 is 12.8. The average Bonchev–Trinajstić information content (AvgIpc) is 2.55. The molecule has 3 nitrogen and oxygen atoms in total. The third kappa shape index (κ3) is 5.50. The molecule has 2 N–H and O–H groups in total. The third-order valence-corrected chi connectivity index (χ3v) is 4.12. The second kappa shape index (κ2) is 8.56. The highest BCUT2D eigenvalue weighted by Gasteiger charge is 2.08. The lowest BCUT2D eigenvalue weighted by Gasteiger charge is -2.11. The van der Waals surface area contributed by atoms with Crippen LogP contribution in [0.1, 0.15) is 18.1 Å². The van der Waals surface area contributed by atoms with E-state index in [9.17, 15) is 14.3 Å². The maximum Gasteiger partial charge on any atom is 0.230 e. The first-order valence-corrected chi connectivity index (χ1v) is 8.02. The van der Waals surface area contributed by atoms with Crippen LogP contribution in [0.25, 0.3) is 0 Å². The first-order valence-electron chi connectivity index (χ1n) is 7.03. The highest BCUT2D eigenvalue weighted by Crippen LogP contribution is 2.18. The van der Waals surface area contributed by atoms with Crippen LogP contribution in [-0.2, 0) is 4.79 Å². The first kappa shape index (κ1) is 16.5. The molecule has 1 atom stereocenters. The topological polar surface area (TPSA) is 49.3 Å². The molecule has 5 heteroatoms. The van der Waals surface area contributed by atoms with Crippen molar-refractivity contribution in [2.75, 3.05) is 12.3 Å². The van der Waals surface area contributed by atoms with Gasteiger partial charge in [-0.3, -0.25) is 4.79 Å². The van der Waals surface area contributed by atoms with E-state index in [4.69, 9.17) is 0 Å². The minimum Gasteiger partial charge on any atom is -0.388 e. The largest absolute Gasteiger partial charge is 0.388 e. The predicted molar refractivity (Wildman–Crippen MR) is 86.2 cm³/mol. The number of thioether (sulfide) groups is 1. The number of hydrogen-bond acceptors (Lipinski definition) is 3. The molecule has 2 rings (SSSR count). The number of nitrogens with one attached hydrogen (secondary N) is 1. The van der Waals surface area contributed by atoms with Crippen molar-refractivity contribution in [1.82, 2.24) is 5.32 Å². The smallest absolute Gasteiger partial charge is 0.230 e. The molecule has 0 bridgehead atoms. The van der Waals surface area contributed by atoms with Gasteiger partial charge < -0.3 is 10.4 Å². The fourth-order valence-corrected chi connectivity index (χ4v) is 2.65. The van der Waals surface area contributed by atoms with Crippen LogP contribution >= 0.6 is 11.8 Å². The quantitative estimate of drug-likeness (QED) is 0.771. The second-order valence-electron chi connectivity index (χ2n) is 4.81. The van der Waals surface area contributed by atoms with Gasteiger partial charge in [0.05, 0.1) is 11.9 Å². The molecule has 2 aromatic rings. The maximum atomic E-state index is 12.8. The first-order chi connectivity index (χ1) is 10.6. The van der Waals surface area contributed by atoms with Crippen molar-refractivity contribution in [3.8, 4) is 0 Å². The summed E-state index contributed by atoms with van der Waals surface area (Å²) in [4.78, 5) is 12.6. The molecule has 0 saturated carbocycles. The van der Waals surface area contributed by atoms with Crippen LogP contribution < -0.4 is 5.32 Å². The molecule has 0 aliphatic rings. The summed E-state index contributed by atoms with van der Waals surface area (Å²) in [5.74, 6) is -0.120. The normalized spacial score (nSPS) is 11.9. The van der Waals surface area contributed by atoms with Gasteiger partial charge in [-0.1, -0.05) is 30.3 Å². The van der Waals surface area contributed by atoms with Gasteiger partial charge in [-0.25, -0.2) is 4.39 Å². The molecule has 0 saturated heterocycles. The number of halogens is 1. The summed E-state index contributed by atoms with van der Waals surface area (Å²) >= 11 is 1.35. The number of carbonyl (C=O) groups is 1. The van der Waals surface area contributed by atoms with E-state index in [-0.39, 0.29) is 17.5 Å². The zero-order chi connectivity index (χ0) is 15.8. The van der Waals surface area contributed by atoms with Gasteiger partial charge in [-0.05, 0) is 36.2 Å². The molecule has 0 aliphatic heterocycles. The molecule has 1 amide bonds. The van der Waals surface area contributed by atoms with Crippen molar-refractivity contribution < 1.29 is 14.3 Å². The molecule has 0 spiro atoms. The van der Waals surface area contributed by atoms with E-state index in [1.807, 2.05) is 30.3 Å². The SMILES string of the molecule is O=C(CSc1ccc(F)cc1)NCCC(O)c1ccccc1. The second-order valence-corrected chi connectivity index (χ2v) is 5.86. The van der Waals surface area contributed by atoms with Crippen LogP contribution in [0.15, 0.2) is 59.5 Å². The number of aliphatic hydroxyl groups is 1. The zero-order valence-electron chi connectivity index (χ0n) is 12.0. The van der Waals surface area contributed by atoms with E-state index in [2.05, 4.69) is 5.32 Å². The highest BCUT2D eigenvalue weighted by atomic mass is 32.2. The predicted octanol–water partition coefficient (Wildman–Crippen LogP) is 3.16. The Hall–Kier alpha value is -1.85. The van der Waals surface area contributed by atoms with E-state index in [1.54, 1.807) is 12.1 Å². The van der Waals surface area contributed by atoms with Crippen molar-refractivity contribution in [2.24, 2.45) is 0 Å². The molecular weight excluding hydrogens is 301 g/mol. The van der Waals surface area contributed by atoms with Crippen LogP contribution in [0.2, 0.25) is 0 Å².